The molecule has 1 aromatic carbocycles. The molecule has 0 radical (unpaired) electrons. The SMILES string of the molecule is COC(=O)C(C)CN(C)CC(F)(F)c1ccccc1. The van der Waals surface area contributed by atoms with E-state index in [4.69, 9.17) is 0 Å². The zero-order valence-corrected chi connectivity index (χ0v) is 11.4. The van der Waals surface area contributed by atoms with Crippen molar-refractivity contribution >= 4 is 5.97 Å². The lowest BCUT2D eigenvalue weighted by Crippen LogP contribution is -2.37. The minimum atomic E-state index is -2.94. The first kappa shape index (κ1) is 15.6. The van der Waals surface area contributed by atoms with E-state index in [1.807, 2.05) is 0 Å². The molecule has 3 nitrogen and oxygen atoms in total. The van der Waals surface area contributed by atoms with E-state index in [9.17, 15) is 13.6 Å². The maximum atomic E-state index is 14.0. The number of alkyl halides is 2. The molecule has 1 aromatic rings. The number of carbonyl (C=O) groups is 1. The Labute approximate surface area is 112 Å². The van der Waals surface area contributed by atoms with Gasteiger partial charge in [0.05, 0.1) is 19.6 Å². The van der Waals surface area contributed by atoms with Crippen molar-refractivity contribution in [2.24, 2.45) is 5.92 Å². The first-order chi connectivity index (χ1) is 8.86. The summed E-state index contributed by atoms with van der Waals surface area (Å²) >= 11 is 0. The van der Waals surface area contributed by atoms with Crippen LogP contribution >= 0.6 is 0 Å². The summed E-state index contributed by atoms with van der Waals surface area (Å²) in [7, 11) is 2.85. The Morgan fingerprint density at radius 2 is 1.95 bits per heavy atom. The highest BCUT2D eigenvalue weighted by molar-refractivity contribution is 5.72. The van der Waals surface area contributed by atoms with Gasteiger partial charge in [-0.15, -0.1) is 0 Å². The number of benzene rings is 1. The van der Waals surface area contributed by atoms with Gasteiger partial charge >= 0.3 is 5.97 Å². The third kappa shape index (κ3) is 4.59. The Bertz CT molecular complexity index is 409. The second-order valence-corrected chi connectivity index (χ2v) is 4.69. The molecule has 0 heterocycles. The molecule has 1 rings (SSSR count). The van der Waals surface area contributed by atoms with Crippen LogP contribution < -0.4 is 0 Å². The average Bonchev–Trinajstić information content (AvgIpc) is 2.38. The van der Waals surface area contributed by atoms with Crippen molar-refractivity contribution < 1.29 is 18.3 Å². The molecule has 5 heteroatoms. The lowest BCUT2D eigenvalue weighted by Gasteiger charge is -2.25. The third-order valence-corrected chi connectivity index (χ3v) is 2.85. The number of methoxy groups -OCH3 is 1. The maximum Gasteiger partial charge on any atom is 0.309 e. The number of nitrogens with zero attached hydrogens (tertiary/aromatic N) is 1. The van der Waals surface area contributed by atoms with Crippen LogP contribution in [0.4, 0.5) is 8.78 Å². The van der Waals surface area contributed by atoms with E-state index < -0.39 is 24.4 Å². The van der Waals surface area contributed by atoms with E-state index in [0.717, 1.165) is 0 Å². The average molecular weight is 271 g/mol. The van der Waals surface area contributed by atoms with Gasteiger partial charge in [0.25, 0.3) is 5.92 Å². The van der Waals surface area contributed by atoms with Crippen LogP contribution in [0.2, 0.25) is 0 Å². The fourth-order valence-corrected chi connectivity index (χ4v) is 1.92. The number of likely N-dealkylation sites (N-methyl/N-ethyl adjacent to an activating group) is 1. The molecule has 0 fully saturated rings. The molecule has 0 saturated heterocycles. The standard InChI is InChI=1S/C14H19F2NO2/c1-11(13(18)19-3)9-17(2)10-14(15,16)12-7-5-4-6-8-12/h4-8,11H,9-10H2,1-3H3. The molecule has 0 spiro atoms. The second-order valence-electron chi connectivity index (χ2n) is 4.69. The predicted molar refractivity (Wildman–Crippen MR) is 69.0 cm³/mol. The van der Waals surface area contributed by atoms with Gasteiger partial charge in [-0.2, -0.15) is 8.78 Å². The van der Waals surface area contributed by atoms with Crippen LogP contribution in [0.5, 0.6) is 0 Å². The Hall–Kier alpha value is -1.49. The molecule has 0 aliphatic heterocycles. The predicted octanol–water partition coefficient (Wildman–Crippen LogP) is 2.52. The fourth-order valence-electron chi connectivity index (χ4n) is 1.92. The van der Waals surface area contributed by atoms with E-state index >= 15 is 0 Å². The summed E-state index contributed by atoms with van der Waals surface area (Å²) in [5.41, 5.74) is -0.0208. The Balaban J connectivity index is 2.61. The smallest absolute Gasteiger partial charge is 0.309 e. The van der Waals surface area contributed by atoms with Crippen LogP contribution in [-0.4, -0.2) is 38.1 Å². The van der Waals surface area contributed by atoms with E-state index in [-0.39, 0.29) is 12.1 Å². The monoisotopic (exact) mass is 271 g/mol. The van der Waals surface area contributed by atoms with Gasteiger partial charge in [-0.25, -0.2) is 0 Å². The largest absolute Gasteiger partial charge is 0.469 e. The zero-order valence-electron chi connectivity index (χ0n) is 11.4. The van der Waals surface area contributed by atoms with Gasteiger partial charge < -0.3 is 4.74 Å². The minimum absolute atomic E-state index is 0.0208. The van der Waals surface area contributed by atoms with E-state index in [0.29, 0.717) is 0 Å². The van der Waals surface area contributed by atoms with E-state index in [2.05, 4.69) is 4.74 Å². The molecule has 106 valence electrons. The van der Waals surface area contributed by atoms with Gasteiger partial charge in [-0.3, -0.25) is 9.69 Å². The maximum absolute atomic E-state index is 14.0. The molecule has 0 saturated carbocycles. The number of esters is 1. The molecule has 1 unspecified atom stereocenters. The fraction of sp³-hybridized carbons (Fsp3) is 0.500. The Morgan fingerprint density at radius 3 is 2.47 bits per heavy atom. The van der Waals surface area contributed by atoms with Crippen LogP contribution in [-0.2, 0) is 15.5 Å². The van der Waals surface area contributed by atoms with Gasteiger partial charge in [-0.1, -0.05) is 37.3 Å². The normalized spacial score (nSPS) is 13.4. The van der Waals surface area contributed by atoms with E-state index in [1.54, 1.807) is 32.2 Å². The van der Waals surface area contributed by atoms with Crippen LogP contribution in [0, 0.1) is 5.92 Å². The number of halogens is 2. The Kier molecular flexibility index (Phi) is 5.42. The molecule has 19 heavy (non-hydrogen) atoms. The van der Waals surface area contributed by atoms with Crippen LogP contribution in [0.3, 0.4) is 0 Å². The zero-order chi connectivity index (χ0) is 14.5. The summed E-state index contributed by atoms with van der Waals surface area (Å²) < 4.78 is 32.5. The topological polar surface area (TPSA) is 29.5 Å². The molecule has 0 amide bonds. The molecule has 0 bridgehead atoms. The van der Waals surface area contributed by atoms with Crippen molar-refractivity contribution in [2.45, 2.75) is 12.8 Å². The lowest BCUT2D eigenvalue weighted by atomic mass is 10.1. The highest BCUT2D eigenvalue weighted by atomic mass is 19.3. The van der Waals surface area contributed by atoms with Crippen LogP contribution in [0.1, 0.15) is 12.5 Å². The molecular formula is C14H19F2NO2. The molecule has 0 aliphatic carbocycles. The number of carbonyl (C=O) groups excluding carboxylic acids is 1. The van der Waals surface area contributed by atoms with E-state index in [1.165, 1.54) is 24.1 Å². The number of ether oxygens (including phenoxy) is 1. The van der Waals surface area contributed by atoms with Gasteiger partial charge in [0.1, 0.15) is 0 Å². The molecule has 1 atom stereocenters. The molecule has 0 aliphatic rings. The highest BCUT2D eigenvalue weighted by Crippen LogP contribution is 2.28. The second kappa shape index (κ2) is 6.61. The summed E-state index contributed by atoms with van der Waals surface area (Å²) in [6.45, 7) is 1.45. The van der Waals surface area contributed by atoms with Crippen LogP contribution in [0.25, 0.3) is 0 Å². The van der Waals surface area contributed by atoms with Crippen molar-refractivity contribution in [2.75, 3.05) is 27.2 Å². The van der Waals surface area contributed by atoms with Crippen molar-refractivity contribution in [3.05, 3.63) is 35.9 Å². The number of hydrogen-bond donors (Lipinski definition) is 0. The summed E-state index contributed by atoms with van der Waals surface area (Å²) in [6.07, 6.45) is 0. The lowest BCUT2D eigenvalue weighted by molar-refractivity contribution is -0.145. The van der Waals surface area contributed by atoms with Gasteiger partial charge in [-0.05, 0) is 7.05 Å². The highest BCUT2D eigenvalue weighted by Gasteiger charge is 2.33. The first-order valence-electron chi connectivity index (χ1n) is 6.06. The van der Waals surface area contributed by atoms with Crippen molar-refractivity contribution in [1.82, 2.24) is 4.90 Å². The minimum Gasteiger partial charge on any atom is -0.469 e. The van der Waals surface area contributed by atoms with Gasteiger partial charge in [0.15, 0.2) is 0 Å². The molecular weight excluding hydrogens is 252 g/mol. The number of rotatable bonds is 6. The van der Waals surface area contributed by atoms with Gasteiger partial charge in [0.2, 0.25) is 0 Å². The third-order valence-electron chi connectivity index (χ3n) is 2.85. The van der Waals surface area contributed by atoms with Crippen molar-refractivity contribution in [3.63, 3.8) is 0 Å². The van der Waals surface area contributed by atoms with Crippen molar-refractivity contribution in [3.8, 4) is 0 Å². The summed E-state index contributed by atoms with van der Waals surface area (Å²) in [6, 6.07) is 7.67. The quantitative estimate of drug-likeness (QED) is 0.745. The Morgan fingerprint density at radius 1 is 1.37 bits per heavy atom. The van der Waals surface area contributed by atoms with Crippen LogP contribution in [0.15, 0.2) is 30.3 Å². The first-order valence-corrected chi connectivity index (χ1v) is 6.06. The molecule has 0 N–H and O–H groups in total. The molecule has 0 aromatic heterocycles. The summed E-state index contributed by atoms with van der Waals surface area (Å²) in [4.78, 5) is 12.7. The van der Waals surface area contributed by atoms with Gasteiger partial charge in [0, 0.05) is 12.1 Å². The summed E-state index contributed by atoms with van der Waals surface area (Å²) in [5, 5.41) is 0. The summed E-state index contributed by atoms with van der Waals surface area (Å²) in [5.74, 6) is -3.76. The van der Waals surface area contributed by atoms with Crippen molar-refractivity contribution in [1.29, 1.82) is 0 Å². The number of hydrogen-bond acceptors (Lipinski definition) is 3.